The van der Waals surface area contributed by atoms with Crippen LogP contribution in [-0.4, -0.2) is 74.4 Å². The molecule has 5 heteroatoms. The Labute approximate surface area is 116 Å². The Kier molecular flexibility index (Phi) is 6.05. The van der Waals surface area contributed by atoms with Crippen LogP contribution in [0.3, 0.4) is 0 Å². The highest BCUT2D eigenvalue weighted by Crippen LogP contribution is 2.14. The largest absolute Gasteiger partial charge is 0.379 e. The van der Waals surface area contributed by atoms with E-state index >= 15 is 0 Å². The maximum atomic E-state index is 9.00. The van der Waals surface area contributed by atoms with Crippen molar-refractivity contribution in [1.82, 2.24) is 15.1 Å². The van der Waals surface area contributed by atoms with Gasteiger partial charge in [0.2, 0.25) is 0 Å². The zero-order valence-corrected chi connectivity index (χ0v) is 12.0. The fourth-order valence-corrected chi connectivity index (χ4v) is 3.00. The van der Waals surface area contributed by atoms with E-state index in [9.17, 15) is 0 Å². The average molecular weight is 266 g/mol. The first-order valence-electron chi connectivity index (χ1n) is 7.45. The highest BCUT2D eigenvalue weighted by molar-refractivity contribution is 4.89. The van der Waals surface area contributed by atoms with Crippen LogP contribution in [0.4, 0.5) is 0 Å². The normalized spacial score (nSPS) is 30.7. The van der Waals surface area contributed by atoms with Gasteiger partial charge in [0, 0.05) is 44.8 Å². The van der Waals surface area contributed by atoms with Crippen molar-refractivity contribution in [2.45, 2.75) is 31.8 Å². The van der Waals surface area contributed by atoms with E-state index in [4.69, 9.17) is 10.00 Å². The lowest BCUT2D eigenvalue weighted by Crippen LogP contribution is -2.48. The number of nitrogens with one attached hydrogen (secondary N) is 1. The molecular formula is C14H26N4O. The van der Waals surface area contributed by atoms with Gasteiger partial charge in [0.25, 0.3) is 0 Å². The Morgan fingerprint density at radius 1 is 1.32 bits per heavy atom. The van der Waals surface area contributed by atoms with Crippen molar-refractivity contribution in [3.63, 3.8) is 0 Å². The second-order valence-corrected chi connectivity index (χ2v) is 5.55. The third kappa shape index (κ3) is 4.43. The van der Waals surface area contributed by atoms with Crippen molar-refractivity contribution in [2.24, 2.45) is 0 Å². The van der Waals surface area contributed by atoms with E-state index in [1.54, 1.807) is 0 Å². The van der Waals surface area contributed by atoms with Crippen LogP contribution < -0.4 is 5.32 Å². The molecule has 2 fully saturated rings. The molecule has 2 saturated heterocycles. The number of hydrogen-bond donors (Lipinski definition) is 1. The van der Waals surface area contributed by atoms with E-state index < -0.39 is 0 Å². The van der Waals surface area contributed by atoms with Crippen molar-refractivity contribution in [3.05, 3.63) is 0 Å². The lowest BCUT2D eigenvalue weighted by atomic mass is 10.1. The third-order valence-corrected chi connectivity index (χ3v) is 4.26. The molecule has 0 radical (unpaired) electrons. The predicted molar refractivity (Wildman–Crippen MR) is 74.9 cm³/mol. The summed E-state index contributed by atoms with van der Waals surface area (Å²) in [5, 5.41) is 12.5. The zero-order chi connectivity index (χ0) is 13.5. The summed E-state index contributed by atoms with van der Waals surface area (Å²) in [6.07, 6.45) is 1.80. The minimum absolute atomic E-state index is 0.364. The molecule has 2 aliphatic heterocycles. The lowest BCUT2D eigenvalue weighted by molar-refractivity contribution is 0.0280. The summed E-state index contributed by atoms with van der Waals surface area (Å²) in [7, 11) is 0. The number of ether oxygens (including phenoxy) is 1. The Morgan fingerprint density at radius 3 is 2.84 bits per heavy atom. The molecule has 2 heterocycles. The fraction of sp³-hybridized carbons (Fsp3) is 0.929. The van der Waals surface area contributed by atoms with Crippen molar-refractivity contribution in [3.8, 4) is 6.07 Å². The molecule has 0 aromatic rings. The second kappa shape index (κ2) is 7.81. The summed E-state index contributed by atoms with van der Waals surface area (Å²) in [4.78, 5) is 5.00. The zero-order valence-electron chi connectivity index (χ0n) is 12.0. The molecule has 1 N–H and O–H groups in total. The quantitative estimate of drug-likeness (QED) is 0.792. The van der Waals surface area contributed by atoms with Gasteiger partial charge in [-0.15, -0.1) is 0 Å². The number of nitrogens with zero attached hydrogens (tertiary/aromatic N) is 3. The number of nitriles is 1. The van der Waals surface area contributed by atoms with Crippen LogP contribution in [0.15, 0.2) is 0 Å². The standard InChI is InChI=1S/C14H26N4O/c1-13-3-5-16-12-14(2-4-15)18(13)7-6-17-8-10-19-11-9-17/h13-14,16H,2-3,5-12H2,1H3. The van der Waals surface area contributed by atoms with Gasteiger partial charge in [0.05, 0.1) is 25.7 Å². The second-order valence-electron chi connectivity index (χ2n) is 5.55. The Bertz CT molecular complexity index is 298. The van der Waals surface area contributed by atoms with Gasteiger partial charge >= 0.3 is 0 Å². The molecule has 0 saturated carbocycles. The maximum Gasteiger partial charge on any atom is 0.0638 e. The van der Waals surface area contributed by atoms with Crippen molar-refractivity contribution < 1.29 is 4.74 Å². The molecule has 0 spiro atoms. The van der Waals surface area contributed by atoms with Crippen LogP contribution in [0.25, 0.3) is 0 Å². The number of hydrogen-bond acceptors (Lipinski definition) is 5. The molecule has 0 aromatic carbocycles. The Hall–Kier alpha value is -0.670. The first kappa shape index (κ1) is 14.7. The minimum Gasteiger partial charge on any atom is -0.379 e. The Morgan fingerprint density at radius 2 is 2.11 bits per heavy atom. The first-order valence-corrected chi connectivity index (χ1v) is 7.45. The van der Waals surface area contributed by atoms with Gasteiger partial charge in [0.1, 0.15) is 0 Å². The topological polar surface area (TPSA) is 51.5 Å². The molecule has 19 heavy (non-hydrogen) atoms. The molecular weight excluding hydrogens is 240 g/mol. The highest BCUT2D eigenvalue weighted by atomic mass is 16.5. The van der Waals surface area contributed by atoms with Crippen molar-refractivity contribution >= 4 is 0 Å². The maximum absolute atomic E-state index is 9.00. The molecule has 2 unspecified atom stereocenters. The van der Waals surface area contributed by atoms with Crippen LogP contribution in [0.1, 0.15) is 19.8 Å². The molecule has 2 rings (SSSR count). The molecule has 0 aromatic heterocycles. The predicted octanol–water partition coefficient (Wildman–Crippen LogP) is 0.285. The van der Waals surface area contributed by atoms with Crippen LogP contribution >= 0.6 is 0 Å². The molecule has 2 atom stereocenters. The molecule has 108 valence electrons. The van der Waals surface area contributed by atoms with Gasteiger partial charge in [-0.1, -0.05) is 0 Å². The van der Waals surface area contributed by atoms with Gasteiger partial charge < -0.3 is 10.1 Å². The van der Waals surface area contributed by atoms with Gasteiger partial charge in [-0.2, -0.15) is 5.26 Å². The molecule has 0 amide bonds. The highest BCUT2D eigenvalue weighted by Gasteiger charge is 2.26. The van der Waals surface area contributed by atoms with E-state index in [-0.39, 0.29) is 0 Å². The molecule has 2 aliphatic rings. The summed E-state index contributed by atoms with van der Waals surface area (Å²) in [5.74, 6) is 0. The van der Waals surface area contributed by atoms with Crippen molar-refractivity contribution in [2.75, 3.05) is 52.5 Å². The monoisotopic (exact) mass is 266 g/mol. The van der Waals surface area contributed by atoms with Crippen LogP contribution in [0.5, 0.6) is 0 Å². The van der Waals surface area contributed by atoms with E-state index in [2.05, 4.69) is 28.1 Å². The summed E-state index contributed by atoms with van der Waals surface area (Å²) in [5.41, 5.74) is 0. The summed E-state index contributed by atoms with van der Waals surface area (Å²) < 4.78 is 5.38. The average Bonchev–Trinajstić information content (AvgIpc) is 2.60. The van der Waals surface area contributed by atoms with Crippen molar-refractivity contribution in [1.29, 1.82) is 5.26 Å². The summed E-state index contributed by atoms with van der Waals surface area (Å²) in [6.45, 7) is 10.3. The van der Waals surface area contributed by atoms with E-state index in [1.807, 2.05) is 0 Å². The van der Waals surface area contributed by atoms with Gasteiger partial charge in [-0.25, -0.2) is 0 Å². The van der Waals surface area contributed by atoms with Crippen LogP contribution in [0, 0.1) is 11.3 Å². The van der Waals surface area contributed by atoms with Crippen LogP contribution in [-0.2, 0) is 4.74 Å². The van der Waals surface area contributed by atoms with Gasteiger partial charge in [-0.3, -0.25) is 9.80 Å². The van der Waals surface area contributed by atoms with Gasteiger partial charge in [-0.05, 0) is 19.9 Å². The minimum atomic E-state index is 0.364. The first-order chi connectivity index (χ1) is 9.31. The van der Waals surface area contributed by atoms with E-state index in [0.29, 0.717) is 18.5 Å². The van der Waals surface area contributed by atoms with E-state index in [0.717, 1.165) is 52.5 Å². The third-order valence-electron chi connectivity index (χ3n) is 4.26. The van der Waals surface area contributed by atoms with Gasteiger partial charge in [0.15, 0.2) is 0 Å². The summed E-state index contributed by atoms with van der Waals surface area (Å²) >= 11 is 0. The summed E-state index contributed by atoms with van der Waals surface area (Å²) in [6, 6.07) is 3.27. The smallest absolute Gasteiger partial charge is 0.0638 e. The van der Waals surface area contributed by atoms with E-state index in [1.165, 1.54) is 6.42 Å². The number of morpholine rings is 1. The molecule has 0 bridgehead atoms. The number of rotatable bonds is 4. The van der Waals surface area contributed by atoms with Crippen LogP contribution in [0.2, 0.25) is 0 Å². The molecule has 5 nitrogen and oxygen atoms in total. The SMILES string of the molecule is CC1CCNCC(CC#N)N1CCN1CCOCC1. The Balaban J connectivity index is 1.86. The lowest BCUT2D eigenvalue weighted by Gasteiger charge is -2.36. The fourth-order valence-electron chi connectivity index (χ4n) is 3.00. The molecule has 0 aliphatic carbocycles.